The molecular weight excluding hydrogens is 1090 g/mol. The van der Waals surface area contributed by atoms with Gasteiger partial charge in [-0.1, -0.05) is 40.0 Å². The highest BCUT2D eigenvalue weighted by Crippen LogP contribution is 2.57. The average Bonchev–Trinajstić information content (AvgIpc) is 1.61. The van der Waals surface area contributed by atoms with Crippen LogP contribution in [0.5, 0.6) is 17.2 Å². The second kappa shape index (κ2) is 30.6. The van der Waals surface area contributed by atoms with Crippen molar-refractivity contribution < 1.29 is 73.0 Å². The highest BCUT2D eigenvalue weighted by Gasteiger charge is 2.53. The summed E-state index contributed by atoms with van der Waals surface area (Å²) >= 11 is 0. The van der Waals surface area contributed by atoms with Crippen molar-refractivity contribution in [3.05, 3.63) is 72.8 Å². The van der Waals surface area contributed by atoms with Crippen molar-refractivity contribution in [1.82, 2.24) is 9.80 Å². The predicted molar refractivity (Wildman–Crippen MR) is 330 cm³/mol. The third-order valence-electron chi connectivity index (χ3n) is 18.8. The van der Waals surface area contributed by atoms with Crippen LogP contribution in [0.15, 0.2) is 72.8 Å². The van der Waals surface area contributed by atoms with E-state index in [1.165, 1.54) is 29.9 Å². The molecule has 84 heavy (non-hydrogen) atoms. The van der Waals surface area contributed by atoms with Gasteiger partial charge in [0.1, 0.15) is 70.4 Å². The zero-order chi connectivity index (χ0) is 61.9. The summed E-state index contributed by atoms with van der Waals surface area (Å²) in [5.41, 5.74) is -4.56. The van der Waals surface area contributed by atoms with Gasteiger partial charge in [0.05, 0.1) is 69.0 Å². The smallest absolute Gasteiger partial charge is 0.311 e. The molecule has 3 fully saturated rings. The van der Waals surface area contributed by atoms with E-state index in [1.807, 2.05) is 46.7 Å². The van der Waals surface area contributed by atoms with Crippen LogP contribution in [0, 0.1) is 17.8 Å². The minimum atomic E-state index is -2.17. The number of carbonyl (C=O) groups excluding carboxylic acids is 1. The van der Waals surface area contributed by atoms with Gasteiger partial charge in [-0.15, -0.1) is 0 Å². The van der Waals surface area contributed by atoms with Gasteiger partial charge in [-0.3, -0.25) is 9.69 Å². The van der Waals surface area contributed by atoms with Crippen molar-refractivity contribution in [3.8, 4) is 17.2 Å². The normalized spacial score (nSPS) is 35.2. The Hall–Kier alpha value is -3.52. The summed E-state index contributed by atoms with van der Waals surface area (Å²) in [6, 6.07) is 24.7. The maximum atomic E-state index is 14.8. The molecule has 474 valence electrons. The van der Waals surface area contributed by atoms with E-state index in [9.17, 15) is 30.3 Å². The monoisotopic (exact) mass is 1200 g/mol. The number of methoxy groups -OCH3 is 4. The van der Waals surface area contributed by atoms with Crippen molar-refractivity contribution in [3.63, 3.8) is 0 Å². The number of benzene rings is 3. The van der Waals surface area contributed by atoms with Crippen LogP contribution in [-0.2, 0) is 33.2 Å². The summed E-state index contributed by atoms with van der Waals surface area (Å²) in [5.74, 6) is -0.317. The van der Waals surface area contributed by atoms with E-state index in [4.69, 9.17) is 42.6 Å². The number of cyclic esters (lactones) is 1. The number of nitrogens with zero attached hydrogens (tertiary/aromatic N) is 2. The van der Waals surface area contributed by atoms with Crippen LogP contribution in [-0.4, -0.2) is 193 Å². The maximum absolute atomic E-state index is 14.8. The van der Waals surface area contributed by atoms with Gasteiger partial charge in [0.15, 0.2) is 12.6 Å². The first kappa shape index (κ1) is 69.6. The van der Waals surface area contributed by atoms with Crippen molar-refractivity contribution in [1.29, 1.82) is 0 Å². The molecule has 6 rings (SSSR count). The predicted octanol–water partition coefficient (Wildman–Crippen LogP) is 7.63. The number of hydrogen-bond acceptors (Lipinski definition) is 17. The fourth-order valence-electron chi connectivity index (χ4n) is 13.6. The van der Waals surface area contributed by atoms with Gasteiger partial charge >= 0.3 is 5.97 Å². The second-order valence-electron chi connectivity index (χ2n) is 25.5. The van der Waals surface area contributed by atoms with Gasteiger partial charge in [0.2, 0.25) is 0 Å². The van der Waals surface area contributed by atoms with E-state index < -0.39 is 103 Å². The minimum Gasteiger partial charge on any atom is -0.497 e. The van der Waals surface area contributed by atoms with Crippen molar-refractivity contribution >= 4 is 29.1 Å². The molecule has 18 atom stereocenters. The molecule has 0 amide bonds. The number of ether oxygens (including phenoxy) is 9. The third kappa shape index (κ3) is 16.4. The Kier molecular flexibility index (Phi) is 25.3. The summed E-state index contributed by atoms with van der Waals surface area (Å²) in [6.45, 7) is 19.0. The zero-order valence-corrected chi connectivity index (χ0v) is 54.3. The molecule has 18 heteroatoms. The first-order valence-corrected chi connectivity index (χ1v) is 32.8. The zero-order valence-electron chi connectivity index (χ0n) is 53.4. The highest BCUT2D eigenvalue weighted by atomic mass is 31.2. The Morgan fingerprint density at radius 2 is 1.20 bits per heavy atom. The summed E-state index contributed by atoms with van der Waals surface area (Å²) in [6.07, 6.45) is -1.95. The van der Waals surface area contributed by atoms with Gasteiger partial charge in [0.25, 0.3) is 0 Å². The average molecular weight is 1200 g/mol. The van der Waals surface area contributed by atoms with E-state index in [0.717, 1.165) is 61.9 Å². The number of hydrogen-bond donors (Lipinski definition) is 5. The molecule has 17 nitrogen and oxygen atoms in total. The number of rotatable bonds is 22. The molecule has 0 spiro atoms. The Morgan fingerprint density at radius 3 is 1.69 bits per heavy atom. The molecule has 5 N–H and O–H groups in total. The lowest BCUT2D eigenvalue weighted by molar-refractivity contribution is -0.318. The summed E-state index contributed by atoms with van der Waals surface area (Å²) in [5, 5.41) is 64.8. The van der Waals surface area contributed by atoms with E-state index >= 15 is 0 Å². The topological polar surface area (TPSA) is 208 Å². The minimum absolute atomic E-state index is 0.113. The number of unbranched alkanes of at least 4 members (excludes halogenated alkanes) is 5. The Labute approximate surface area is 503 Å². The van der Waals surface area contributed by atoms with Crippen LogP contribution in [0.2, 0.25) is 0 Å². The lowest BCUT2D eigenvalue weighted by Gasteiger charge is -2.48. The van der Waals surface area contributed by atoms with Crippen LogP contribution in [0.25, 0.3) is 0 Å². The third-order valence-corrected chi connectivity index (χ3v) is 23.3. The Balaban J connectivity index is 1.25. The van der Waals surface area contributed by atoms with E-state index in [0.29, 0.717) is 19.5 Å². The number of likely N-dealkylation sites (N-methyl/N-ethyl adjacent to an activating group) is 1. The lowest BCUT2D eigenvalue weighted by Crippen LogP contribution is -2.60. The molecular formula is C66H106N2O15P+. The van der Waals surface area contributed by atoms with Crippen LogP contribution in [0.4, 0.5) is 0 Å². The maximum Gasteiger partial charge on any atom is 0.311 e. The molecule has 3 heterocycles. The number of aliphatic hydroxyl groups excluding tert-OH is 3. The fraction of sp³-hybridized carbons (Fsp3) is 0.712. The molecule has 0 saturated carbocycles. The Bertz CT molecular complexity index is 2330. The number of aliphatic hydroxyl groups is 5. The van der Waals surface area contributed by atoms with Crippen LogP contribution >= 0.6 is 7.26 Å². The molecule has 3 aromatic rings. The number of esters is 1. The quantitative estimate of drug-likeness (QED) is 0.0372. The fourth-order valence-corrected chi connectivity index (χ4v) is 18.0. The van der Waals surface area contributed by atoms with Gasteiger partial charge in [0, 0.05) is 38.1 Å². The molecule has 0 aromatic heterocycles. The van der Waals surface area contributed by atoms with Crippen LogP contribution in [0.3, 0.4) is 0 Å². The van der Waals surface area contributed by atoms with Crippen molar-refractivity contribution in [2.75, 3.05) is 61.8 Å². The summed E-state index contributed by atoms with van der Waals surface area (Å²) < 4.78 is 55.4. The van der Waals surface area contributed by atoms with Gasteiger partial charge in [-0.05, 0) is 186 Å². The summed E-state index contributed by atoms with van der Waals surface area (Å²) in [4.78, 5) is 18.9. The molecule has 3 saturated heterocycles. The molecule has 0 aliphatic carbocycles. The molecule has 3 aromatic carbocycles. The highest BCUT2D eigenvalue weighted by molar-refractivity contribution is 7.95. The van der Waals surface area contributed by atoms with Crippen molar-refractivity contribution in [2.45, 2.75) is 224 Å². The molecule has 0 bridgehead atoms. The van der Waals surface area contributed by atoms with E-state index in [2.05, 4.69) is 84.6 Å². The Morgan fingerprint density at radius 1 is 0.690 bits per heavy atom. The van der Waals surface area contributed by atoms with Crippen molar-refractivity contribution in [2.24, 2.45) is 17.8 Å². The first-order valence-electron chi connectivity index (χ1n) is 30.8. The standard InChI is InChI=1S/C66H106N2O15P/c1-17-55-66(10,74)59(70)46(6)68(36-22-20-18-19-21-23-37-84(51-30-24-48(75-13)25-31-51,52-32-26-49(76-14)27-33-52)53-34-28-50(77-15)29-35-53)41-42(2)39-64(8,73)61(83-63-57(69)54(67(11)12)38-43(3)79-63)44(4)58(45(5)62(72)81-55)82-56-40-65(9,78-16)60(71)47(7)80-56/h24-35,42-47,54-61,63,69-71,73-74H,17-23,36-41H2,1-16H3/q+1/t42-,43-,44+,45-,46-,47+,54+,55-,56+,57-,58+,59-,60+,61-,63+,64-,65-,66-/m1/s1. The molecule has 0 radical (unpaired) electrons. The molecule has 0 unspecified atom stereocenters. The van der Waals surface area contributed by atoms with Gasteiger partial charge < -0.3 is 73.1 Å². The van der Waals surface area contributed by atoms with Crippen LogP contribution in [0.1, 0.15) is 133 Å². The summed E-state index contributed by atoms with van der Waals surface area (Å²) in [7, 11) is 8.23. The van der Waals surface area contributed by atoms with Gasteiger partial charge in [-0.25, -0.2) is 0 Å². The molecule has 3 aliphatic rings. The molecule has 3 aliphatic heterocycles. The van der Waals surface area contributed by atoms with E-state index in [1.54, 1.807) is 49.0 Å². The largest absolute Gasteiger partial charge is 0.497 e. The van der Waals surface area contributed by atoms with Crippen LogP contribution < -0.4 is 30.1 Å². The van der Waals surface area contributed by atoms with Gasteiger partial charge in [-0.2, -0.15) is 0 Å². The lowest BCUT2D eigenvalue weighted by atomic mass is 9.77. The first-order chi connectivity index (χ1) is 39.7. The number of carbonyl (C=O) groups is 1. The second-order valence-corrected chi connectivity index (χ2v) is 29.1. The SMILES string of the molecule is CC[C@H]1OC(=O)[C@H](C)[C@@H](O[C@H]2C[C@@](C)(OC)[C@@H](O)[C@H](C)O2)[C@H](C)[C@@H](O[C@@H]2O[C@H](C)C[C@H](N(C)C)[C@H]2O)[C@](C)(O)C[C@@H](C)CN(CCCCCCCC[P+](c2ccc(OC)cc2)(c2ccc(OC)cc2)c2ccc(OC)cc2)[C@H](C)[C@@H](O)[C@]1(C)O. The van der Waals surface area contributed by atoms with E-state index in [-0.39, 0.29) is 37.3 Å².